The Hall–Kier alpha value is -1.27. The highest BCUT2D eigenvalue weighted by Gasteiger charge is 2.34. The molecule has 0 aliphatic carbocycles. The zero-order valence-corrected chi connectivity index (χ0v) is 9.39. The minimum Gasteiger partial charge on any atom is -0.481 e. The number of carboxylic acids is 1. The summed E-state index contributed by atoms with van der Waals surface area (Å²) in [6, 6.07) is 3.55. The summed E-state index contributed by atoms with van der Waals surface area (Å²) in [5, 5.41) is 8.48. The summed E-state index contributed by atoms with van der Waals surface area (Å²) in [6.45, 7) is 0. The van der Waals surface area contributed by atoms with Crippen molar-refractivity contribution in [1.82, 2.24) is 0 Å². The molecular weight excluding hydrogens is 259 g/mol. The van der Waals surface area contributed by atoms with E-state index in [1.165, 1.54) is 18.2 Å². The fourth-order valence-corrected chi connectivity index (χ4v) is 1.38. The number of carbonyl (C=O) groups is 1. The summed E-state index contributed by atoms with van der Waals surface area (Å²) < 4.78 is 37.6. The molecule has 0 bridgehead atoms. The van der Waals surface area contributed by atoms with Crippen molar-refractivity contribution >= 4 is 18.4 Å². The van der Waals surface area contributed by atoms with Crippen LogP contribution in [0.2, 0.25) is 0 Å². The van der Waals surface area contributed by atoms with Crippen molar-refractivity contribution in [3.8, 4) is 0 Å². The fourth-order valence-electron chi connectivity index (χ4n) is 1.38. The van der Waals surface area contributed by atoms with Crippen LogP contribution in [0.5, 0.6) is 0 Å². The van der Waals surface area contributed by atoms with E-state index in [1.54, 1.807) is 0 Å². The third kappa shape index (κ3) is 4.24. The van der Waals surface area contributed by atoms with E-state index >= 15 is 0 Å². The smallest absolute Gasteiger partial charge is 0.416 e. The Bertz CT molecular complexity index is 395. The highest BCUT2D eigenvalue weighted by atomic mass is 35.5. The lowest BCUT2D eigenvalue weighted by molar-refractivity contribution is -0.140. The fraction of sp³-hybridized carbons (Fsp3) is 0.300. The van der Waals surface area contributed by atoms with Crippen molar-refractivity contribution in [1.29, 1.82) is 0 Å². The Balaban J connectivity index is 0.00000256. The Kier molecular flexibility index (Phi) is 5.44. The van der Waals surface area contributed by atoms with Crippen molar-refractivity contribution in [3.63, 3.8) is 0 Å². The van der Waals surface area contributed by atoms with Crippen molar-refractivity contribution in [2.45, 2.75) is 18.6 Å². The highest BCUT2D eigenvalue weighted by Crippen LogP contribution is 2.34. The van der Waals surface area contributed by atoms with Crippen LogP contribution in [0.1, 0.15) is 23.6 Å². The van der Waals surface area contributed by atoms with Gasteiger partial charge >= 0.3 is 12.1 Å². The second kappa shape index (κ2) is 5.88. The van der Waals surface area contributed by atoms with Crippen LogP contribution in [-0.2, 0) is 11.0 Å². The predicted molar refractivity (Wildman–Crippen MR) is 57.9 cm³/mol. The summed E-state index contributed by atoms with van der Waals surface area (Å²) in [6.07, 6.45) is -5.06. The molecule has 0 fully saturated rings. The monoisotopic (exact) mass is 269 g/mol. The van der Waals surface area contributed by atoms with E-state index in [4.69, 9.17) is 10.8 Å². The molecule has 1 rings (SSSR count). The predicted octanol–water partition coefficient (Wildman–Crippen LogP) is 2.60. The molecule has 0 aliphatic heterocycles. The molecule has 0 aliphatic rings. The topological polar surface area (TPSA) is 63.3 Å². The van der Waals surface area contributed by atoms with Crippen LogP contribution in [0.4, 0.5) is 13.2 Å². The maximum Gasteiger partial charge on any atom is 0.416 e. The van der Waals surface area contributed by atoms with Gasteiger partial charge in [-0.05, 0) is 11.6 Å². The van der Waals surface area contributed by atoms with E-state index in [0.29, 0.717) is 0 Å². The van der Waals surface area contributed by atoms with Crippen LogP contribution >= 0.6 is 12.4 Å². The summed E-state index contributed by atoms with van der Waals surface area (Å²) in [4.78, 5) is 10.4. The van der Waals surface area contributed by atoms with Gasteiger partial charge in [0, 0.05) is 6.04 Å². The minimum absolute atomic E-state index is 0. The number of hydrogen-bond donors (Lipinski definition) is 2. The van der Waals surface area contributed by atoms with Gasteiger partial charge in [0.1, 0.15) is 0 Å². The molecule has 0 unspecified atom stereocenters. The molecule has 7 heteroatoms. The van der Waals surface area contributed by atoms with Gasteiger partial charge < -0.3 is 10.8 Å². The second-order valence-corrected chi connectivity index (χ2v) is 3.29. The molecule has 1 aromatic carbocycles. The van der Waals surface area contributed by atoms with Crippen molar-refractivity contribution < 1.29 is 23.1 Å². The van der Waals surface area contributed by atoms with Gasteiger partial charge in [0.05, 0.1) is 12.0 Å². The number of halogens is 4. The van der Waals surface area contributed by atoms with E-state index in [1.807, 2.05) is 0 Å². The number of rotatable bonds is 3. The largest absolute Gasteiger partial charge is 0.481 e. The minimum atomic E-state index is -4.52. The molecule has 1 atom stereocenters. The maximum absolute atomic E-state index is 12.5. The molecule has 0 saturated heterocycles. The quantitative estimate of drug-likeness (QED) is 0.886. The summed E-state index contributed by atoms with van der Waals surface area (Å²) in [5.41, 5.74) is 4.33. The van der Waals surface area contributed by atoms with Gasteiger partial charge in [-0.15, -0.1) is 12.4 Å². The third-order valence-corrected chi connectivity index (χ3v) is 2.06. The summed E-state index contributed by atoms with van der Waals surface area (Å²) in [7, 11) is 0. The van der Waals surface area contributed by atoms with Crippen LogP contribution in [0.25, 0.3) is 0 Å². The summed E-state index contributed by atoms with van der Waals surface area (Å²) >= 11 is 0. The number of nitrogens with two attached hydrogens (primary N) is 1. The molecule has 0 radical (unpaired) electrons. The van der Waals surface area contributed by atoms with Gasteiger partial charge in [-0.3, -0.25) is 4.79 Å². The summed E-state index contributed by atoms with van der Waals surface area (Å²) in [5.74, 6) is -1.23. The highest BCUT2D eigenvalue weighted by molar-refractivity contribution is 5.85. The lowest BCUT2D eigenvalue weighted by atomic mass is 9.98. The van der Waals surface area contributed by atoms with Crippen LogP contribution < -0.4 is 5.73 Å². The van der Waals surface area contributed by atoms with E-state index in [0.717, 1.165) is 6.07 Å². The second-order valence-electron chi connectivity index (χ2n) is 3.29. The number of alkyl halides is 3. The molecule has 17 heavy (non-hydrogen) atoms. The molecule has 0 spiro atoms. The van der Waals surface area contributed by atoms with Crippen molar-refractivity contribution in [2.24, 2.45) is 5.73 Å². The molecule has 1 aromatic rings. The molecule has 0 heterocycles. The lowest BCUT2D eigenvalue weighted by Gasteiger charge is -2.16. The van der Waals surface area contributed by atoms with Crippen LogP contribution in [-0.4, -0.2) is 11.1 Å². The van der Waals surface area contributed by atoms with Gasteiger partial charge in [0.15, 0.2) is 0 Å². The first kappa shape index (κ1) is 15.7. The van der Waals surface area contributed by atoms with Gasteiger partial charge in [-0.1, -0.05) is 18.2 Å². The first-order valence-electron chi connectivity index (χ1n) is 4.46. The Labute approximate surface area is 102 Å². The van der Waals surface area contributed by atoms with E-state index in [-0.39, 0.29) is 18.0 Å². The number of aliphatic carboxylic acids is 1. The van der Waals surface area contributed by atoms with Gasteiger partial charge in [-0.25, -0.2) is 0 Å². The zero-order valence-electron chi connectivity index (χ0n) is 8.57. The van der Waals surface area contributed by atoms with E-state index in [2.05, 4.69) is 0 Å². The molecule has 96 valence electrons. The molecule has 0 amide bonds. The number of hydrogen-bond acceptors (Lipinski definition) is 2. The normalized spacial score (nSPS) is 12.7. The third-order valence-electron chi connectivity index (χ3n) is 2.06. The Morgan fingerprint density at radius 3 is 2.35 bits per heavy atom. The SMILES string of the molecule is Cl.N[C@H](CC(=O)O)c1ccccc1C(F)(F)F. The standard InChI is InChI=1S/C10H10F3NO2.ClH/c11-10(12,13)7-4-2-1-3-6(7)8(14)5-9(15)16;/h1-4,8H,5,14H2,(H,15,16);1H/t8-;/m1./s1. The van der Waals surface area contributed by atoms with E-state index in [9.17, 15) is 18.0 Å². The number of benzene rings is 1. The number of carboxylic acid groups (broad SMARTS) is 1. The van der Waals surface area contributed by atoms with Gasteiger partial charge in [0.2, 0.25) is 0 Å². The molecule has 3 N–H and O–H groups in total. The average molecular weight is 270 g/mol. The molecule has 3 nitrogen and oxygen atoms in total. The maximum atomic E-state index is 12.5. The average Bonchev–Trinajstić information content (AvgIpc) is 2.15. The molecular formula is C10H11ClF3NO2. The van der Waals surface area contributed by atoms with Gasteiger partial charge in [-0.2, -0.15) is 13.2 Å². The van der Waals surface area contributed by atoms with Crippen LogP contribution in [0, 0.1) is 0 Å². The van der Waals surface area contributed by atoms with Crippen LogP contribution in [0.15, 0.2) is 24.3 Å². The van der Waals surface area contributed by atoms with Crippen molar-refractivity contribution in [3.05, 3.63) is 35.4 Å². The van der Waals surface area contributed by atoms with Crippen LogP contribution in [0.3, 0.4) is 0 Å². The Morgan fingerprint density at radius 2 is 1.88 bits per heavy atom. The molecule has 0 saturated carbocycles. The molecule has 0 aromatic heterocycles. The zero-order chi connectivity index (χ0) is 12.3. The van der Waals surface area contributed by atoms with Crippen molar-refractivity contribution in [2.75, 3.05) is 0 Å². The van der Waals surface area contributed by atoms with Gasteiger partial charge in [0.25, 0.3) is 0 Å². The Morgan fingerprint density at radius 1 is 1.35 bits per heavy atom. The first-order chi connectivity index (χ1) is 7.32. The van der Waals surface area contributed by atoms with E-state index < -0.39 is 30.2 Å². The first-order valence-corrected chi connectivity index (χ1v) is 4.46. The lowest BCUT2D eigenvalue weighted by Crippen LogP contribution is -2.19.